The monoisotopic (exact) mass is 302 g/mol. The number of ether oxygens (including phenoxy) is 1. The second-order valence-corrected chi connectivity index (χ2v) is 5.56. The Labute approximate surface area is 130 Å². The molecular weight excluding hydrogens is 280 g/mol. The van der Waals surface area contributed by atoms with Crippen LogP contribution in [-0.4, -0.2) is 48.8 Å². The molecule has 6 heteroatoms. The predicted molar refractivity (Wildman–Crippen MR) is 82.9 cm³/mol. The van der Waals surface area contributed by atoms with E-state index in [9.17, 15) is 0 Å². The molecule has 1 unspecified atom stereocenters. The number of nitrogens with zero attached hydrogens (tertiary/aromatic N) is 3. The SMILES string of the molecule is COc1ccccc1CCc1nc(C2CNCCN2C)no1. The highest BCUT2D eigenvalue weighted by molar-refractivity contribution is 5.33. The first kappa shape index (κ1) is 15.0. The van der Waals surface area contributed by atoms with Gasteiger partial charge in [0.15, 0.2) is 5.82 Å². The Morgan fingerprint density at radius 3 is 3.05 bits per heavy atom. The summed E-state index contributed by atoms with van der Waals surface area (Å²) in [6, 6.07) is 8.21. The predicted octanol–water partition coefficient (Wildman–Crippen LogP) is 1.44. The van der Waals surface area contributed by atoms with Crippen molar-refractivity contribution < 1.29 is 9.26 Å². The molecule has 0 bridgehead atoms. The van der Waals surface area contributed by atoms with Crippen molar-refractivity contribution in [1.82, 2.24) is 20.4 Å². The number of likely N-dealkylation sites (N-methyl/N-ethyl adjacent to an activating group) is 1. The molecule has 6 nitrogen and oxygen atoms in total. The van der Waals surface area contributed by atoms with Crippen LogP contribution in [0.15, 0.2) is 28.8 Å². The van der Waals surface area contributed by atoms with E-state index in [1.807, 2.05) is 18.2 Å². The molecule has 1 saturated heterocycles. The minimum absolute atomic E-state index is 0.192. The van der Waals surface area contributed by atoms with Gasteiger partial charge in [0.1, 0.15) is 5.75 Å². The number of aryl methyl sites for hydroxylation is 2. The van der Waals surface area contributed by atoms with Gasteiger partial charge in [-0.3, -0.25) is 4.90 Å². The lowest BCUT2D eigenvalue weighted by Crippen LogP contribution is -2.44. The fourth-order valence-electron chi connectivity index (χ4n) is 2.75. The molecule has 1 aliphatic heterocycles. The van der Waals surface area contributed by atoms with E-state index in [-0.39, 0.29) is 6.04 Å². The number of hydrogen-bond acceptors (Lipinski definition) is 6. The van der Waals surface area contributed by atoms with Crippen LogP contribution < -0.4 is 10.1 Å². The highest BCUT2D eigenvalue weighted by Crippen LogP contribution is 2.21. The third-order valence-corrected chi connectivity index (χ3v) is 4.09. The number of methoxy groups -OCH3 is 1. The summed E-state index contributed by atoms with van der Waals surface area (Å²) in [5.74, 6) is 2.35. The Bertz CT molecular complexity index is 614. The third kappa shape index (κ3) is 3.28. The molecule has 1 fully saturated rings. The molecule has 0 amide bonds. The quantitative estimate of drug-likeness (QED) is 0.902. The van der Waals surface area contributed by atoms with Crippen LogP contribution >= 0.6 is 0 Å². The van der Waals surface area contributed by atoms with Gasteiger partial charge in [0, 0.05) is 26.1 Å². The minimum atomic E-state index is 0.192. The number of piperazine rings is 1. The van der Waals surface area contributed by atoms with E-state index >= 15 is 0 Å². The van der Waals surface area contributed by atoms with Gasteiger partial charge in [-0.25, -0.2) is 0 Å². The average Bonchev–Trinajstić information content (AvgIpc) is 3.02. The summed E-state index contributed by atoms with van der Waals surface area (Å²) in [6.45, 7) is 2.86. The number of benzene rings is 1. The lowest BCUT2D eigenvalue weighted by Gasteiger charge is -2.30. The van der Waals surface area contributed by atoms with Crippen molar-refractivity contribution >= 4 is 0 Å². The minimum Gasteiger partial charge on any atom is -0.496 e. The van der Waals surface area contributed by atoms with Gasteiger partial charge in [-0.2, -0.15) is 4.98 Å². The van der Waals surface area contributed by atoms with Crippen LogP contribution in [0.1, 0.15) is 23.3 Å². The van der Waals surface area contributed by atoms with Gasteiger partial charge in [0.05, 0.1) is 13.2 Å². The molecule has 0 spiro atoms. The molecule has 1 atom stereocenters. The molecule has 1 N–H and O–H groups in total. The number of hydrogen-bond donors (Lipinski definition) is 1. The number of nitrogens with one attached hydrogen (secondary N) is 1. The molecule has 22 heavy (non-hydrogen) atoms. The second kappa shape index (κ2) is 6.89. The molecule has 0 aliphatic carbocycles. The summed E-state index contributed by atoms with van der Waals surface area (Å²) in [4.78, 5) is 6.81. The van der Waals surface area contributed by atoms with Gasteiger partial charge in [-0.05, 0) is 25.1 Å². The lowest BCUT2D eigenvalue weighted by molar-refractivity contribution is 0.190. The van der Waals surface area contributed by atoms with Crippen molar-refractivity contribution in [3.8, 4) is 5.75 Å². The maximum absolute atomic E-state index is 5.41. The Morgan fingerprint density at radius 1 is 1.36 bits per heavy atom. The fraction of sp³-hybridized carbons (Fsp3) is 0.500. The fourth-order valence-corrected chi connectivity index (χ4v) is 2.75. The Morgan fingerprint density at radius 2 is 2.23 bits per heavy atom. The van der Waals surface area contributed by atoms with Crippen molar-refractivity contribution in [2.75, 3.05) is 33.8 Å². The van der Waals surface area contributed by atoms with E-state index < -0.39 is 0 Å². The van der Waals surface area contributed by atoms with Crippen molar-refractivity contribution in [2.24, 2.45) is 0 Å². The van der Waals surface area contributed by atoms with Gasteiger partial charge < -0.3 is 14.6 Å². The molecule has 2 heterocycles. The standard InChI is InChI=1S/C16H22N4O2/c1-20-10-9-17-11-13(20)16-18-15(22-19-16)8-7-12-5-3-4-6-14(12)21-2/h3-6,13,17H,7-11H2,1-2H3. The molecule has 2 aromatic rings. The number of aromatic nitrogens is 2. The zero-order valence-electron chi connectivity index (χ0n) is 13.1. The van der Waals surface area contributed by atoms with E-state index in [1.165, 1.54) is 0 Å². The van der Waals surface area contributed by atoms with E-state index in [4.69, 9.17) is 9.26 Å². The summed E-state index contributed by atoms with van der Waals surface area (Å²) >= 11 is 0. The smallest absolute Gasteiger partial charge is 0.227 e. The average molecular weight is 302 g/mol. The first-order chi connectivity index (χ1) is 10.8. The second-order valence-electron chi connectivity index (χ2n) is 5.56. The number of rotatable bonds is 5. The van der Waals surface area contributed by atoms with Crippen LogP contribution in [0.2, 0.25) is 0 Å². The highest BCUT2D eigenvalue weighted by Gasteiger charge is 2.25. The molecule has 0 radical (unpaired) electrons. The van der Waals surface area contributed by atoms with Crippen LogP contribution in [0, 0.1) is 0 Å². The van der Waals surface area contributed by atoms with Crippen molar-refractivity contribution in [2.45, 2.75) is 18.9 Å². The van der Waals surface area contributed by atoms with E-state index in [0.717, 1.165) is 49.6 Å². The third-order valence-electron chi connectivity index (χ3n) is 4.09. The molecule has 1 aromatic heterocycles. The van der Waals surface area contributed by atoms with Crippen LogP contribution in [-0.2, 0) is 12.8 Å². The summed E-state index contributed by atoms with van der Waals surface area (Å²) in [6.07, 6.45) is 1.54. The van der Waals surface area contributed by atoms with Crippen molar-refractivity contribution in [3.05, 3.63) is 41.5 Å². The summed E-state index contributed by atoms with van der Waals surface area (Å²) in [5.41, 5.74) is 1.15. The maximum atomic E-state index is 5.41. The maximum Gasteiger partial charge on any atom is 0.227 e. The van der Waals surface area contributed by atoms with Crippen LogP contribution in [0.3, 0.4) is 0 Å². The number of para-hydroxylation sites is 1. The molecule has 1 aliphatic rings. The van der Waals surface area contributed by atoms with Crippen molar-refractivity contribution in [3.63, 3.8) is 0 Å². The van der Waals surface area contributed by atoms with Gasteiger partial charge in [-0.15, -0.1) is 0 Å². The Hall–Kier alpha value is -1.92. The Balaban J connectivity index is 1.64. The zero-order valence-corrected chi connectivity index (χ0v) is 13.1. The van der Waals surface area contributed by atoms with Crippen LogP contribution in [0.5, 0.6) is 5.75 Å². The summed E-state index contributed by atoms with van der Waals surface area (Å²) in [7, 11) is 3.78. The topological polar surface area (TPSA) is 63.4 Å². The zero-order chi connectivity index (χ0) is 15.4. The van der Waals surface area contributed by atoms with Gasteiger partial charge >= 0.3 is 0 Å². The first-order valence-electron chi connectivity index (χ1n) is 7.63. The van der Waals surface area contributed by atoms with E-state index in [1.54, 1.807) is 7.11 Å². The van der Waals surface area contributed by atoms with E-state index in [0.29, 0.717) is 5.89 Å². The lowest BCUT2D eigenvalue weighted by atomic mass is 10.1. The Kier molecular flexibility index (Phi) is 4.70. The summed E-state index contributed by atoms with van der Waals surface area (Å²) < 4.78 is 10.8. The molecule has 1 aromatic carbocycles. The van der Waals surface area contributed by atoms with E-state index in [2.05, 4.69) is 33.5 Å². The normalized spacial score (nSPS) is 19.3. The molecule has 118 valence electrons. The molecular formula is C16H22N4O2. The molecule has 0 saturated carbocycles. The van der Waals surface area contributed by atoms with Crippen LogP contribution in [0.25, 0.3) is 0 Å². The van der Waals surface area contributed by atoms with Crippen LogP contribution in [0.4, 0.5) is 0 Å². The first-order valence-corrected chi connectivity index (χ1v) is 7.63. The largest absolute Gasteiger partial charge is 0.496 e. The summed E-state index contributed by atoms with van der Waals surface area (Å²) in [5, 5.41) is 7.51. The van der Waals surface area contributed by atoms with Gasteiger partial charge in [0.25, 0.3) is 0 Å². The molecule has 3 rings (SSSR count). The van der Waals surface area contributed by atoms with Gasteiger partial charge in [-0.1, -0.05) is 23.4 Å². The van der Waals surface area contributed by atoms with Gasteiger partial charge in [0.2, 0.25) is 5.89 Å². The highest BCUT2D eigenvalue weighted by atomic mass is 16.5. The van der Waals surface area contributed by atoms with Crippen molar-refractivity contribution in [1.29, 1.82) is 0 Å².